The minimum Gasteiger partial charge on any atom is -0.495 e. The van der Waals surface area contributed by atoms with Gasteiger partial charge in [-0.1, -0.05) is 41.9 Å². The molecule has 0 aliphatic heterocycles. The molecule has 0 radical (unpaired) electrons. The fourth-order valence-electron chi connectivity index (χ4n) is 2.92. The second-order valence-corrected chi connectivity index (χ2v) is 9.00. The lowest BCUT2D eigenvalue weighted by Gasteiger charge is -2.15. The summed E-state index contributed by atoms with van der Waals surface area (Å²) in [6.07, 6.45) is 0. The molecule has 0 spiro atoms. The average molecular weight is 475 g/mol. The number of anilines is 1. The number of methoxy groups -OCH3 is 1. The molecule has 32 heavy (non-hydrogen) atoms. The van der Waals surface area contributed by atoms with E-state index in [9.17, 15) is 13.2 Å². The molecule has 9 heteroatoms. The van der Waals surface area contributed by atoms with Gasteiger partial charge in [-0.05, 0) is 55.0 Å². The number of amides is 1. The average Bonchev–Trinajstić information content (AvgIpc) is 2.78. The summed E-state index contributed by atoms with van der Waals surface area (Å²) < 4.78 is 38.2. The van der Waals surface area contributed by atoms with Gasteiger partial charge in [0.2, 0.25) is 0 Å². The monoisotopic (exact) mass is 474 g/mol. The Hall–Kier alpha value is -3.23. The van der Waals surface area contributed by atoms with Crippen LogP contribution < -0.4 is 19.5 Å². The maximum absolute atomic E-state index is 12.6. The first-order valence-electron chi connectivity index (χ1n) is 9.72. The van der Waals surface area contributed by atoms with Crippen molar-refractivity contribution in [2.24, 2.45) is 0 Å². The number of sulfonamides is 1. The van der Waals surface area contributed by atoms with Gasteiger partial charge in [0.15, 0.2) is 6.61 Å². The van der Waals surface area contributed by atoms with Gasteiger partial charge in [-0.15, -0.1) is 0 Å². The van der Waals surface area contributed by atoms with E-state index in [-0.39, 0.29) is 28.5 Å². The van der Waals surface area contributed by atoms with Crippen LogP contribution in [0.15, 0.2) is 77.7 Å². The highest BCUT2D eigenvalue weighted by Gasteiger charge is 2.16. The highest BCUT2D eigenvalue weighted by atomic mass is 35.5. The molecule has 0 bridgehead atoms. The van der Waals surface area contributed by atoms with E-state index < -0.39 is 10.0 Å². The minimum absolute atomic E-state index is 0.0407. The lowest BCUT2D eigenvalue weighted by atomic mass is 10.1. The Morgan fingerprint density at radius 2 is 1.72 bits per heavy atom. The molecule has 3 aromatic rings. The molecule has 0 aromatic heterocycles. The predicted molar refractivity (Wildman–Crippen MR) is 124 cm³/mol. The summed E-state index contributed by atoms with van der Waals surface area (Å²) in [5.74, 6) is 0.536. The summed E-state index contributed by atoms with van der Waals surface area (Å²) in [4.78, 5) is 12.2. The van der Waals surface area contributed by atoms with Crippen molar-refractivity contribution < 1.29 is 22.7 Å². The molecule has 3 rings (SSSR count). The molecule has 7 nitrogen and oxygen atoms in total. The molecule has 3 aromatic carbocycles. The number of nitrogens with one attached hydrogen (secondary N) is 2. The van der Waals surface area contributed by atoms with Gasteiger partial charge in [0.05, 0.1) is 28.8 Å². The Balaban J connectivity index is 1.57. The SMILES string of the molecule is COc1ccc(NS(=O)(=O)c2ccc(OCC(=O)N[C@H](C)c3ccccc3)cc2)cc1Cl. The first kappa shape index (κ1) is 23.4. The quantitative estimate of drug-likeness (QED) is 0.479. The first-order valence-corrected chi connectivity index (χ1v) is 11.6. The molecule has 168 valence electrons. The summed E-state index contributed by atoms with van der Waals surface area (Å²) in [7, 11) is -2.35. The summed E-state index contributed by atoms with van der Waals surface area (Å²) in [5, 5.41) is 3.14. The predicted octanol–water partition coefficient (Wildman–Crippen LogP) is 4.41. The molecule has 2 N–H and O–H groups in total. The first-order chi connectivity index (χ1) is 15.3. The third-order valence-corrected chi connectivity index (χ3v) is 6.28. The molecule has 0 unspecified atom stereocenters. The normalized spacial score (nSPS) is 12.0. The van der Waals surface area contributed by atoms with E-state index >= 15 is 0 Å². The lowest BCUT2D eigenvalue weighted by Crippen LogP contribution is -2.31. The summed E-state index contributed by atoms with van der Waals surface area (Å²) in [6, 6.07) is 19.8. The molecule has 1 amide bonds. The summed E-state index contributed by atoms with van der Waals surface area (Å²) >= 11 is 6.04. The van der Waals surface area contributed by atoms with E-state index in [0.29, 0.717) is 17.2 Å². The van der Waals surface area contributed by atoms with Crippen LogP contribution in [0.25, 0.3) is 0 Å². The van der Waals surface area contributed by atoms with Gasteiger partial charge < -0.3 is 14.8 Å². The molecule has 0 saturated heterocycles. The van der Waals surface area contributed by atoms with E-state index in [1.165, 1.54) is 37.4 Å². The molecule has 0 aliphatic rings. The maximum atomic E-state index is 12.6. The van der Waals surface area contributed by atoms with Gasteiger partial charge in [0.25, 0.3) is 15.9 Å². The van der Waals surface area contributed by atoms with Crippen molar-refractivity contribution in [1.82, 2.24) is 5.32 Å². The molecule has 0 heterocycles. The van der Waals surface area contributed by atoms with Crippen molar-refractivity contribution in [3.8, 4) is 11.5 Å². The number of hydrogen-bond acceptors (Lipinski definition) is 5. The molecular weight excluding hydrogens is 452 g/mol. The molecular formula is C23H23ClN2O5S. The van der Waals surface area contributed by atoms with Crippen LogP contribution in [0.2, 0.25) is 5.02 Å². The van der Waals surface area contributed by atoms with Crippen LogP contribution in [-0.4, -0.2) is 28.0 Å². The highest BCUT2D eigenvalue weighted by molar-refractivity contribution is 7.92. The number of rotatable bonds is 9. The van der Waals surface area contributed by atoms with Crippen LogP contribution >= 0.6 is 11.6 Å². The van der Waals surface area contributed by atoms with Crippen LogP contribution in [-0.2, 0) is 14.8 Å². The maximum Gasteiger partial charge on any atom is 0.261 e. The van der Waals surface area contributed by atoms with Gasteiger partial charge in [-0.25, -0.2) is 8.42 Å². The largest absolute Gasteiger partial charge is 0.495 e. The molecule has 0 aliphatic carbocycles. The number of hydrogen-bond donors (Lipinski definition) is 2. The molecule has 0 saturated carbocycles. The van der Waals surface area contributed by atoms with Gasteiger partial charge >= 0.3 is 0 Å². The topological polar surface area (TPSA) is 93.7 Å². The Morgan fingerprint density at radius 3 is 2.34 bits per heavy atom. The number of halogens is 1. The van der Waals surface area contributed by atoms with Crippen molar-refractivity contribution in [2.45, 2.75) is 17.9 Å². The van der Waals surface area contributed by atoms with Crippen LogP contribution in [0, 0.1) is 0 Å². The second kappa shape index (κ2) is 10.4. The van der Waals surface area contributed by atoms with Gasteiger partial charge in [-0.3, -0.25) is 9.52 Å². The van der Waals surface area contributed by atoms with Crippen molar-refractivity contribution in [2.75, 3.05) is 18.4 Å². The highest BCUT2D eigenvalue weighted by Crippen LogP contribution is 2.28. The Morgan fingerprint density at radius 1 is 1.03 bits per heavy atom. The van der Waals surface area contributed by atoms with E-state index in [1.54, 1.807) is 12.1 Å². The van der Waals surface area contributed by atoms with Crippen molar-refractivity contribution in [1.29, 1.82) is 0 Å². The van der Waals surface area contributed by atoms with E-state index in [4.69, 9.17) is 21.1 Å². The number of carbonyl (C=O) groups excluding carboxylic acids is 1. The lowest BCUT2D eigenvalue weighted by molar-refractivity contribution is -0.123. The summed E-state index contributed by atoms with van der Waals surface area (Å²) in [5.41, 5.74) is 1.29. The zero-order chi connectivity index (χ0) is 23.1. The second-order valence-electron chi connectivity index (χ2n) is 6.91. The fraction of sp³-hybridized carbons (Fsp3) is 0.174. The van der Waals surface area contributed by atoms with Crippen LogP contribution in [0.4, 0.5) is 5.69 Å². The fourth-order valence-corrected chi connectivity index (χ4v) is 4.22. The number of ether oxygens (including phenoxy) is 2. The number of carbonyl (C=O) groups is 1. The number of benzene rings is 3. The van der Waals surface area contributed by atoms with Crippen molar-refractivity contribution in [3.05, 3.63) is 83.4 Å². The standard InChI is InChI=1S/C23H23ClN2O5S/c1-16(17-6-4-3-5-7-17)25-23(27)15-31-19-9-11-20(12-10-19)32(28,29)26-18-8-13-22(30-2)21(24)14-18/h3-14,16,26H,15H2,1-2H3,(H,25,27)/t16-/m1/s1. The summed E-state index contributed by atoms with van der Waals surface area (Å²) in [6.45, 7) is 1.70. The van der Waals surface area contributed by atoms with Crippen LogP contribution in [0.3, 0.4) is 0 Å². The third kappa shape index (κ3) is 6.15. The molecule has 1 atom stereocenters. The van der Waals surface area contributed by atoms with Gasteiger partial charge in [-0.2, -0.15) is 0 Å². The Labute approximate surface area is 192 Å². The third-order valence-electron chi connectivity index (χ3n) is 4.59. The van der Waals surface area contributed by atoms with E-state index in [2.05, 4.69) is 10.0 Å². The van der Waals surface area contributed by atoms with Crippen LogP contribution in [0.5, 0.6) is 11.5 Å². The minimum atomic E-state index is -3.83. The van der Waals surface area contributed by atoms with Crippen LogP contribution in [0.1, 0.15) is 18.5 Å². The zero-order valence-corrected chi connectivity index (χ0v) is 19.1. The van der Waals surface area contributed by atoms with Crippen molar-refractivity contribution in [3.63, 3.8) is 0 Å². The van der Waals surface area contributed by atoms with Gasteiger partial charge in [0, 0.05) is 0 Å². The molecule has 0 fully saturated rings. The zero-order valence-electron chi connectivity index (χ0n) is 17.5. The van der Waals surface area contributed by atoms with Gasteiger partial charge in [0.1, 0.15) is 11.5 Å². The van der Waals surface area contributed by atoms with E-state index in [0.717, 1.165) is 5.56 Å². The Bertz CT molecular complexity index is 1170. The smallest absolute Gasteiger partial charge is 0.261 e. The van der Waals surface area contributed by atoms with Crippen molar-refractivity contribution >= 4 is 33.2 Å². The van der Waals surface area contributed by atoms with E-state index in [1.807, 2.05) is 37.3 Å². The Kier molecular flexibility index (Phi) is 7.61.